The molecule has 1 fully saturated rings. The van der Waals surface area contributed by atoms with Crippen molar-refractivity contribution < 1.29 is 9.53 Å². The van der Waals surface area contributed by atoms with Gasteiger partial charge in [-0.3, -0.25) is 0 Å². The lowest BCUT2D eigenvalue weighted by Crippen LogP contribution is -2.36. The first kappa shape index (κ1) is 18.5. The van der Waals surface area contributed by atoms with Crippen molar-refractivity contribution in [1.29, 1.82) is 0 Å². The monoisotopic (exact) mass is 326 g/mol. The van der Waals surface area contributed by atoms with Crippen LogP contribution in [-0.2, 0) is 9.53 Å². The summed E-state index contributed by atoms with van der Waals surface area (Å²) in [5.74, 6) is 1.49. The van der Waals surface area contributed by atoms with Crippen molar-refractivity contribution in [3.63, 3.8) is 0 Å². The first-order valence-electron chi connectivity index (χ1n) is 9.08. The van der Waals surface area contributed by atoms with Gasteiger partial charge >= 0.3 is 5.97 Å². The molecule has 2 rings (SSSR count). The van der Waals surface area contributed by atoms with Gasteiger partial charge in [0.25, 0.3) is 0 Å². The van der Waals surface area contributed by atoms with Crippen molar-refractivity contribution in [2.45, 2.75) is 53.1 Å². The van der Waals surface area contributed by atoms with Gasteiger partial charge in [0.15, 0.2) is 0 Å². The molecule has 1 aliphatic rings. The number of carbonyl (C=O) groups is 1. The Kier molecular flexibility index (Phi) is 6.84. The van der Waals surface area contributed by atoms with Crippen LogP contribution in [-0.4, -0.2) is 12.1 Å². The molecule has 1 aliphatic carbocycles. The summed E-state index contributed by atoms with van der Waals surface area (Å²) in [6.07, 6.45) is 9.20. The smallest absolute Gasteiger partial charge is 0.333 e. The Bertz CT molecular complexity index is 583. The van der Waals surface area contributed by atoms with Gasteiger partial charge in [-0.05, 0) is 43.1 Å². The number of rotatable bonds is 5. The fraction of sp³-hybridized carbons (Fsp3) is 0.500. The molecule has 0 unspecified atom stereocenters. The molecule has 0 spiro atoms. The standard InChI is InChI=1S/C22H30O2/c1-16(2)20-14-13-17(3)15-21(20)24-22(23)18(4)9-8-12-19-10-6-5-7-11-19/h5-12,16-17,20-21H,13-15H2,1-4H3/b12-8+,18-9+/t17-,20+,21+/m0/s1. The van der Waals surface area contributed by atoms with Gasteiger partial charge in [0.2, 0.25) is 0 Å². The maximum absolute atomic E-state index is 12.4. The molecule has 0 heterocycles. The largest absolute Gasteiger partial charge is 0.459 e. The van der Waals surface area contributed by atoms with E-state index in [-0.39, 0.29) is 12.1 Å². The molecule has 0 amide bonds. The zero-order chi connectivity index (χ0) is 17.5. The van der Waals surface area contributed by atoms with Gasteiger partial charge in [-0.1, -0.05) is 75.8 Å². The number of allylic oxidation sites excluding steroid dienone is 2. The number of esters is 1. The zero-order valence-corrected chi connectivity index (χ0v) is 15.4. The third-order valence-corrected chi connectivity index (χ3v) is 4.98. The minimum Gasteiger partial charge on any atom is -0.459 e. The van der Waals surface area contributed by atoms with Crippen LogP contribution in [0.1, 0.15) is 52.5 Å². The van der Waals surface area contributed by atoms with Gasteiger partial charge in [-0.15, -0.1) is 0 Å². The summed E-state index contributed by atoms with van der Waals surface area (Å²) in [6.45, 7) is 8.54. The molecular weight excluding hydrogens is 296 g/mol. The van der Waals surface area contributed by atoms with E-state index in [9.17, 15) is 4.79 Å². The first-order valence-corrected chi connectivity index (χ1v) is 9.08. The lowest BCUT2D eigenvalue weighted by atomic mass is 9.75. The van der Waals surface area contributed by atoms with E-state index in [1.54, 1.807) is 0 Å². The maximum atomic E-state index is 12.4. The van der Waals surface area contributed by atoms with Crippen molar-refractivity contribution in [3.05, 3.63) is 53.6 Å². The van der Waals surface area contributed by atoms with E-state index in [1.165, 1.54) is 6.42 Å². The third-order valence-electron chi connectivity index (χ3n) is 4.98. The Morgan fingerprint density at radius 1 is 1.21 bits per heavy atom. The summed E-state index contributed by atoms with van der Waals surface area (Å²) in [5.41, 5.74) is 1.78. The van der Waals surface area contributed by atoms with Gasteiger partial charge in [-0.25, -0.2) is 4.79 Å². The van der Waals surface area contributed by atoms with E-state index in [4.69, 9.17) is 4.74 Å². The quantitative estimate of drug-likeness (QED) is 0.397. The van der Waals surface area contributed by atoms with Crippen molar-refractivity contribution in [1.82, 2.24) is 0 Å². The third kappa shape index (κ3) is 5.36. The second kappa shape index (κ2) is 8.86. The Morgan fingerprint density at radius 3 is 2.58 bits per heavy atom. The maximum Gasteiger partial charge on any atom is 0.333 e. The second-order valence-electron chi connectivity index (χ2n) is 7.39. The highest BCUT2D eigenvalue weighted by molar-refractivity contribution is 5.88. The lowest BCUT2D eigenvalue weighted by Gasteiger charge is -2.36. The molecule has 0 aromatic heterocycles. The van der Waals surface area contributed by atoms with Crippen molar-refractivity contribution in [2.24, 2.45) is 17.8 Å². The number of benzene rings is 1. The fourth-order valence-electron chi connectivity index (χ4n) is 3.42. The average Bonchev–Trinajstić information content (AvgIpc) is 2.55. The SMILES string of the molecule is C/C(=C\C=C\c1ccccc1)C(=O)O[C@@H]1C[C@@H](C)CC[C@@H]1C(C)C. The normalized spacial score (nSPS) is 25.2. The van der Waals surface area contributed by atoms with Gasteiger partial charge in [0, 0.05) is 5.57 Å². The van der Waals surface area contributed by atoms with Gasteiger partial charge in [-0.2, -0.15) is 0 Å². The lowest BCUT2D eigenvalue weighted by molar-refractivity contribution is -0.151. The van der Waals surface area contributed by atoms with E-state index < -0.39 is 0 Å². The molecule has 1 aromatic rings. The summed E-state index contributed by atoms with van der Waals surface area (Å²) >= 11 is 0. The van der Waals surface area contributed by atoms with E-state index in [1.807, 2.05) is 55.5 Å². The summed E-state index contributed by atoms with van der Waals surface area (Å²) < 4.78 is 5.86. The Morgan fingerprint density at radius 2 is 1.92 bits per heavy atom. The molecule has 1 saturated carbocycles. The molecule has 0 aliphatic heterocycles. The molecule has 0 bridgehead atoms. The highest BCUT2D eigenvalue weighted by atomic mass is 16.5. The van der Waals surface area contributed by atoms with Crippen LogP contribution in [0.2, 0.25) is 0 Å². The van der Waals surface area contributed by atoms with Crippen LogP contribution < -0.4 is 0 Å². The molecule has 1 aromatic carbocycles. The molecule has 130 valence electrons. The zero-order valence-electron chi connectivity index (χ0n) is 15.4. The molecule has 24 heavy (non-hydrogen) atoms. The number of hydrogen-bond donors (Lipinski definition) is 0. The minimum absolute atomic E-state index is 0.0581. The Hall–Kier alpha value is -1.83. The average molecular weight is 326 g/mol. The summed E-state index contributed by atoms with van der Waals surface area (Å²) in [5, 5.41) is 0. The van der Waals surface area contributed by atoms with E-state index in [0.717, 1.165) is 18.4 Å². The topological polar surface area (TPSA) is 26.3 Å². The Labute approximate surface area is 146 Å². The highest BCUT2D eigenvalue weighted by Crippen LogP contribution is 2.35. The van der Waals surface area contributed by atoms with Crippen LogP contribution in [0.5, 0.6) is 0 Å². The van der Waals surface area contributed by atoms with Gasteiger partial charge in [0.05, 0.1) is 0 Å². The van der Waals surface area contributed by atoms with Crippen LogP contribution in [0.15, 0.2) is 48.1 Å². The molecular formula is C22H30O2. The van der Waals surface area contributed by atoms with E-state index in [0.29, 0.717) is 23.3 Å². The van der Waals surface area contributed by atoms with Crippen LogP contribution in [0.3, 0.4) is 0 Å². The summed E-state index contributed by atoms with van der Waals surface area (Å²) in [7, 11) is 0. The Balaban J connectivity index is 1.96. The van der Waals surface area contributed by atoms with Gasteiger partial charge in [0.1, 0.15) is 6.10 Å². The van der Waals surface area contributed by atoms with Crippen LogP contribution in [0.25, 0.3) is 6.08 Å². The summed E-state index contributed by atoms with van der Waals surface area (Å²) in [4.78, 5) is 12.4. The van der Waals surface area contributed by atoms with Crippen molar-refractivity contribution in [3.8, 4) is 0 Å². The van der Waals surface area contributed by atoms with Gasteiger partial charge < -0.3 is 4.74 Å². The van der Waals surface area contributed by atoms with E-state index >= 15 is 0 Å². The second-order valence-corrected chi connectivity index (χ2v) is 7.39. The predicted molar refractivity (Wildman–Crippen MR) is 100 cm³/mol. The molecule has 3 atom stereocenters. The van der Waals surface area contributed by atoms with Crippen molar-refractivity contribution in [2.75, 3.05) is 0 Å². The number of carbonyl (C=O) groups excluding carboxylic acids is 1. The fourth-order valence-corrected chi connectivity index (χ4v) is 3.42. The van der Waals surface area contributed by atoms with Crippen molar-refractivity contribution >= 4 is 12.0 Å². The van der Waals surface area contributed by atoms with Crippen LogP contribution >= 0.6 is 0 Å². The number of hydrogen-bond acceptors (Lipinski definition) is 2. The molecule has 0 N–H and O–H groups in total. The number of ether oxygens (including phenoxy) is 1. The molecule has 2 heteroatoms. The predicted octanol–water partition coefficient (Wildman–Crippen LogP) is 5.65. The first-order chi connectivity index (χ1) is 11.5. The minimum atomic E-state index is -0.183. The molecule has 0 radical (unpaired) electrons. The molecule has 0 saturated heterocycles. The summed E-state index contributed by atoms with van der Waals surface area (Å²) in [6, 6.07) is 10.1. The van der Waals surface area contributed by atoms with Crippen LogP contribution in [0.4, 0.5) is 0 Å². The molecule has 2 nitrogen and oxygen atoms in total. The highest BCUT2D eigenvalue weighted by Gasteiger charge is 2.33. The van der Waals surface area contributed by atoms with Crippen LogP contribution in [0, 0.1) is 17.8 Å². The van der Waals surface area contributed by atoms with E-state index in [2.05, 4.69) is 20.8 Å².